The minimum absolute atomic E-state index is 0.0405. The number of Topliss-reactive ketones (excluding diaryl/α,β-unsaturated/α-hetero) is 1. The molecular formula is C11H13NO2. The minimum atomic E-state index is -0.700. The molecule has 0 radical (unpaired) electrons. The molecule has 3 nitrogen and oxygen atoms in total. The largest absolute Gasteiger partial charge is 0.364 e. The molecule has 74 valence electrons. The lowest BCUT2D eigenvalue weighted by Crippen LogP contribution is -2.47. The van der Waals surface area contributed by atoms with Crippen LogP contribution in [0.4, 0.5) is 0 Å². The van der Waals surface area contributed by atoms with Crippen molar-refractivity contribution in [3.05, 3.63) is 0 Å². The lowest BCUT2D eigenvalue weighted by atomic mass is 9.70. The van der Waals surface area contributed by atoms with Crippen LogP contribution in [0.3, 0.4) is 0 Å². The van der Waals surface area contributed by atoms with Crippen molar-refractivity contribution in [2.45, 2.75) is 38.4 Å². The number of rotatable bonds is 0. The first kappa shape index (κ1) is 8.43. The molecular weight excluding hydrogens is 178 g/mol. The van der Waals surface area contributed by atoms with Crippen LogP contribution in [0.25, 0.3) is 0 Å². The highest BCUT2D eigenvalue weighted by Gasteiger charge is 2.71. The minimum Gasteiger partial charge on any atom is -0.364 e. The van der Waals surface area contributed by atoms with Gasteiger partial charge in [-0.25, -0.2) is 0 Å². The van der Waals surface area contributed by atoms with Gasteiger partial charge in [0.1, 0.15) is 11.5 Å². The van der Waals surface area contributed by atoms with Crippen molar-refractivity contribution in [1.29, 1.82) is 5.26 Å². The van der Waals surface area contributed by atoms with Crippen molar-refractivity contribution in [3.63, 3.8) is 0 Å². The van der Waals surface area contributed by atoms with E-state index in [0.29, 0.717) is 18.3 Å². The zero-order chi connectivity index (χ0) is 10.1. The van der Waals surface area contributed by atoms with E-state index in [-0.39, 0.29) is 17.5 Å². The van der Waals surface area contributed by atoms with Crippen molar-refractivity contribution in [3.8, 4) is 6.07 Å². The number of ketones is 1. The number of hydrogen-bond acceptors (Lipinski definition) is 3. The number of nitriles is 1. The van der Waals surface area contributed by atoms with E-state index in [9.17, 15) is 4.79 Å². The molecule has 0 N–H and O–H groups in total. The van der Waals surface area contributed by atoms with Gasteiger partial charge in [0.15, 0.2) is 5.78 Å². The Bertz CT molecular complexity index is 372. The van der Waals surface area contributed by atoms with Crippen molar-refractivity contribution < 1.29 is 9.53 Å². The Morgan fingerprint density at radius 1 is 1.64 bits per heavy atom. The van der Waals surface area contributed by atoms with E-state index in [0.717, 1.165) is 6.42 Å². The Labute approximate surface area is 83.0 Å². The molecule has 2 aliphatic heterocycles. The summed E-state index contributed by atoms with van der Waals surface area (Å²) in [5.74, 6) is 0.750. The number of carbonyl (C=O) groups excluding carboxylic acids is 1. The molecule has 0 aromatic rings. The van der Waals surface area contributed by atoms with Crippen LogP contribution < -0.4 is 0 Å². The topological polar surface area (TPSA) is 50.1 Å². The maximum absolute atomic E-state index is 12.0. The van der Waals surface area contributed by atoms with Crippen LogP contribution >= 0.6 is 0 Å². The Balaban J connectivity index is 2.15. The van der Waals surface area contributed by atoms with E-state index >= 15 is 0 Å². The molecule has 5 atom stereocenters. The third kappa shape index (κ3) is 0.642. The molecule has 0 amide bonds. The second-order valence-corrected chi connectivity index (χ2v) is 5.26. The van der Waals surface area contributed by atoms with Gasteiger partial charge in [-0.2, -0.15) is 5.26 Å². The van der Waals surface area contributed by atoms with Crippen LogP contribution in [-0.2, 0) is 9.53 Å². The standard InChI is InChI=1S/C11H13NO2/c1-6-7-3-11(5-12)4-10(7,2)14-8(6)9(11)13/h6-8H,3-4H2,1-2H3/t6-,7?,8?,10?,11?/m0/s1. The number of carbonyl (C=O) groups is 1. The third-order valence-electron chi connectivity index (χ3n) is 4.46. The van der Waals surface area contributed by atoms with Crippen molar-refractivity contribution >= 4 is 5.78 Å². The molecule has 4 bridgehead atoms. The van der Waals surface area contributed by atoms with Crippen molar-refractivity contribution in [2.75, 3.05) is 0 Å². The molecule has 3 heteroatoms. The molecule has 4 rings (SSSR count). The molecule has 4 aliphatic rings. The van der Waals surface area contributed by atoms with Crippen LogP contribution in [0.5, 0.6) is 0 Å². The molecule has 0 aromatic heterocycles. The molecule has 4 unspecified atom stereocenters. The molecule has 0 spiro atoms. The summed E-state index contributed by atoms with van der Waals surface area (Å²) in [4.78, 5) is 12.0. The normalized spacial score (nSPS) is 59.2. The van der Waals surface area contributed by atoms with Gasteiger partial charge in [0.05, 0.1) is 11.7 Å². The van der Waals surface area contributed by atoms with E-state index in [2.05, 4.69) is 19.9 Å². The first-order chi connectivity index (χ1) is 6.52. The number of nitrogens with zero attached hydrogens (tertiary/aromatic N) is 1. The predicted molar refractivity (Wildman–Crippen MR) is 48.2 cm³/mol. The molecule has 0 aromatic carbocycles. The molecule has 2 aliphatic carbocycles. The van der Waals surface area contributed by atoms with E-state index < -0.39 is 5.41 Å². The Kier molecular flexibility index (Phi) is 1.23. The molecule has 14 heavy (non-hydrogen) atoms. The van der Waals surface area contributed by atoms with E-state index in [1.165, 1.54) is 0 Å². The van der Waals surface area contributed by atoms with Crippen LogP contribution in [0.2, 0.25) is 0 Å². The Morgan fingerprint density at radius 2 is 2.36 bits per heavy atom. The van der Waals surface area contributed by atoms with Gasteiger partial charge in [-0.1, -0.05) is 6.92 Å². The summed E-state index contributed by atoms with van der Waals surface area (Å²) in [6, 6.07) is 2.24. The summed E-state index contributed by atoms with van der Waals surface area (Å²) in [6.45, 7) is 4.13. The summed E-state index contributed by atoms with van der Waals surface area (Å²) in [7, 11) is 0. The number of hydrogen-bond donors (Lipinski definition) is 0. The lowest BCUT2D eigenvalue weighted by Gasteiger charge is -2.34. The summed E-state index contributed by atoms with van der Waals surface area (Å²) < 4.78 is 5.79. The molecule has 2 saturated heterocycles. The predicted octanol–water partition coefficient (Wildman–Crippen LogP) is 1.28. The summed E-state index contributed by atoms with van der Waals surface area (Å²) in [5.41, 5.74) is -0.900. The molecule has 4 fully saturated rings. The van der Waals surface area contributed by atoms with E-state index in [1.54, 1.807) is 0 Å². The van der Waals surface area contributed by atoms with Gasteiger partial charge in [-0.05, 0) is 25.2 Å². The third-order valence-corrected chi connectivity index (χ3v) is 4.46. The van der Waals surface area contributed by atoms with Crippen molar-refractivity contribution in [1.82, 2.24) is 0 Å². The molecule has 2 heterocycles. The molecule has 2 saturated carbocycles. The van der Waals surface area contributed by atoms with Gasteiger partial charge in [0, 0.05) is 6.42 Å². The average molecular weight is 191 g/mol. The van der Waals surface area contributed by atoms with Gasteiger partial charge in [0.2, 0.25) is 0 Å². The van der Waals surface area contributed by atoms with Crippen molar-refractivity contribution in [2.24, 2.45) is 17.3 Å². The van der Waals surface area contributed by atoms with Crippen LogP contribution in [-0.4, -0.2) is 17.5 Å². The maximum Gasteiger partial charge on any atom is 0.182 e. The fraction of sp³-hybridized carbons (Fsp3) is 0.818. The van der Waals surface area contributed by atoms with Crippen LogP contribution in [0.1, 0.15) is 26.7 Å². The van der Waals surface area contributed by atoms with Gasteiger partial charge in [-0.3, -0.25) is 4.79 Å². The monoisotopic (exact) mass is 191 g/mol. The van der Waals surface area contributed by atoms with Gasteiger partial charge >= 0.3 is 0 Å². The zero-order valence-corrected chi connectivity index (χ0v) is 8.41. The van der Waals surface area contributed by atoms with E-state index in [4.69, 9.17) is 10.00 Å². The quantitative estimate of drug-likeness (QED) is 0.579. The average Bonchev–Trinajstić information content (AvgIpc) is 2.52. The SMILES string of the molecule is C[C@@H]1C2OC3(C)CC(C#N)(CC13)C2=O. The second-order valence-electron chi connectivity index (χ2n) is 5.26. The fourth-order valence-electron chi connectivity index (χ4n) is 3.77. The first-order valence-electron chi connectivity index (χ1n) is 5.16. The highest BCUT2D eigenvalue weighted by molar-refractivity contribution is 5.94. The lowest BCUT2D eigenvalue weighted by molar-refractivity contribution is -0.154. The van der Waals surface area contributed by atoms with Crippen LogP contribution in [0, 0.1) is 28.6 Å². The summed E-state index contributed by atoms with van der Waals surface area (Å²) in [5, 5.41) is 9.15. The Hall–Kier alpha value is -0.880. The second kappa shape index (κ2) is 2.04. The highest BCUT2D eigenvalue weighted by Crippen LogP contribution is 2.63. The summed E-state index contributed by atoms with van der Waals surface area (Å²) >= 11 is 0. The van der Waals surface area contributed by atoms with E-state index in [1.807, 2.05) is 0 Å². The van der Waals surface area contributed by atoms with Gasteiger partial charge in [0.25, 0.3) is 0 Å². The maximum atomic E-state index is 12.0. The Morgan fingerprint density at radius 3 is 2.93 bits per heavy atom. The zero-order valence-electron chi connectivity index (χ0n) is 8.41. The first-order valence-corrected chi connectivity index (χ1v) is 5.16. The highest BCUT2D eigenvalue weighted by atomic mass is 16.5. The smallest absolute Gasteiger partial charge is 0.182 e. The van der Waals surface area contributed by atoms with Gasteiger partial charge in [-0.15, -0.1) is 0 Å². The fourth-order valence-corrected chi connectivity index (χ4v) is 3.77. The van der Waals surface area contributed by atoms with Crippen LogP contribution in [0.15, 0.2) is 0 Å². The summed E-state index contributed by atoms with van der Waals surface area (Å²) in [6.07, 6.45) is 1.03. The van der Waals surface area contributed by atoms with Gasteiger partial charge < -0.3 is 4.74 Å². The number of ether oxygens (including phenoxy) is 1.